The fourth-order valence-electron chi connectivity index (χ4n) is 5.17. The molecule has 8 heteroatoms. The fraction of sp³-hybridized carbons (Fsp3) is 0.536. The van der Waals surface area contributed by atoms with E-state index >= 15 is 0 Å². The van der Waals surface area contributed by atoms with Crippen LogP contribution in [-0.4, -0.2) is 70.6 Å². The van der Waals surface area contributed by atoms with Gasteiger partial charge in [-0.05, 0) is 43.5 Å². The molecule has 1 aromatic carbocycles. The molecule has 1 aliphatic heterocycles. The van der Waals surface area contributed by atoms with Gasteiger partial charge in [0.05, 0.1) is 19.2 Å². The van der Waals surface area contributed by atoms with Gasteiger partial charge in [0.25, 0.3) is 5.91 Å². The molecule has 0 spiro atoms. The highest BCUT2D eigenvalue weighted by molar-refractivity contribution is 5.98. The molecule has 4 rings (SSSR count). The molecular weight excluding hydrogens is 461 g/mol. The molecule has 0 radical (unpaired) electrons. The van der Waals surface area contributed by atoms with E-state index in [0.717, 1.165) is 25.7 Å². The summed E-state index contributed by atoms with van der Waals surface area (Å²) in [7, 11) is 1.81. The summed E-state index contributed by atoms with van der Waals surface area (Å²) in [6, 6.07) is 7.37. The number of likely N-dealkylation sites (N-methyl/N-ethyl adjacent to an activating group) is 1. The highest BCUT2D eigenvalue weighted by Gasteiger charge is 2.35. The molecule has 1 aliphatic carbocycles. The average Bonchev–Trinajstić information content (AvgIpc) is 2.90. The second-order valence-electron chi connectivity index (χ2n) is 10.3. The zero-order valence-electron chi connectivity index (χ0n) is 21.3. The minimum Gasteiger partial charge on any atom is -0.472 e. The van der Waals surface area contributed by atoms with Crippen molar-refractivity contribution in [2.75, 3.05) is 26.7 Å². The fourth-order valence-corrected chi connectivity index (χ4v) is 5.17. The van der Waals surface area contributed by atoms with E-state index in [1.54, 1.807) is 41.1 Å². The van der Waals surface area contributed by atoms with Crippen molar-refractivity contribution >= 4 is 11.8 Å². The molecule has 2 aromatic rings. The summed E-state index contributed by atoms with van der Waals surface area (Å²) in [6.07, 6.45) is 6.38. The van der Waals surface area contributed by atoms with Gasteiger partial charge < -0.3 is 19.6 Å². The Morgan fingerprint density at radius 3 is 2.69 bits per heavy atom. The van der Waals surface area contributed by atoms with Crippen molar-refractivity contribution in [2.24, 2.45) is 11.8 Å². The first-order valence-electron chi connectivity index (χ1n) is 12.9. The lowest BCUT2D eigenvalue weighted by atomic mass is 9.88. The number of pyridine rings is 1. The highest BCUT2D eigenvalue weighted by atomic mass is 19.1. The van der Waals surface area contributed by atoms with Crippen LogP contribution in [0.4, 0.5) is 4.39 Å². The number of halogens is 1. The second-order valence-corrected chi connectivity index (χ2v) is 10.3. The van der Waals surface area contributed by atoms with Gasteiger partial charge in [-0.15, -0.1) is 0 Å². The van der Waals surface area contributed by atoms with Crippen LogP contribution in [0.5, 0.6) is 5.88 Å². The number of aliphatic hydroxyl groups excluding tert-OH is 1. The molecule has 7 nitrogen and oxygen atoms in total. The van der Waals surface area contributed by atoms with E-state index in [4.69, 9.17) is 4.74 Å². The number of carbonyl (C=O) groups excluding carboxylic acids is 2. The van der Waals surface area contributed by atoms with Crippen molar-refractivity contribution < 1.29 is 23.8 Å². The zero-order chi connectivity index (χ0) is 25.8. The Labute approximate surface area is 212 Å². The molecule has 3 atom stereocenters. The normalized spacial score (nSPS) is 21.7. The van der Waals surface area contributed by atoms with Crippen molar-refractivity contribution in [1.82, 2.24) is 14.8 Å². The van der Waals surface area contributed by atoms with Crippen LogP contribution < -0.4 is 4.74 Å². The van der Waals surface area contributed by atoms with Gasteiger partial charge in [0.1, 0.15) is 17.5 Å². The maximum atomic E-state index is 13.8. The summed E-state index contributed by atoms with van der Waals surface area (Å²) in [5.41, 5.74) is 1.46. The molecule has 0 saturated heterocycles. The molecule has 2 aliphatic rings. The Hall–Kier alpha value is -3.00. The third-order valence-electron chi connectivity index (χ3n) is 7.46. The maximum absolute atomic E-state index is 13.8. The van der Waals surface area contributed by atoms with Gasteiger partial charge >= 0.3 is 0 Å². The Kier molecular flexibility index (Phi) is 8.24. The molecule has 1 fully saturated rings. The lowest BCUT2D eigenvalue weighted by molar-refractivity contribution is -0.136. The quantitative estimate of drug-likeness (QED) is 0.649. The van der Waals surface area contributed by atoms with Gasteiger partial charge in [-0.3, -0.25) is 9.59 Å². The highest BCUT2D eigenvalue weighted by Crippen LogP contribution is 2.31. The van der Waals surface area contributed by atoms with E-state index in [-0.39, 0.29) is 47.5 Å². The van der Waals surface area contributed by atoms with E-state index in [1.807, 2.05) is 14.0 Å². The Morgan fingerprint density at radius 2 is 2.00 bits per heavy atom. The summed E-state index contributed by atoms with van der Waals surface area (Å²) in [5.74, 6) is -0.405. The zero-order valence-corrected chi connectivity index (χ0v) is 21.3. The van der Waals surface area contributed by atoms with Gasteiger partial charge in [-0.1, -0.05) is 38.3 Å². The monoisotopic (exact) mass is 497 g/mol. The van der Waals surface area contributed by atoms with Crippen LogP contribution in [0.3, 0.4) is 0 Å². The molecular formula is C28H36FN3O4. The van der Waals surface area contributed by atoms with Crippen molar-refractivity contribution in [3.05, 3.63) is 47.9 Å². The Morgan fingerprint density at radius 1 is 1.25 bits per heavy atom. The van der Waals surface area contributed by atoms with Gasteiger partial charge in [-0.2, -0.15) is 0 Å². The van der Waals surface area contributed by atoms with Gasteiger partial charge in [0.15, 0.2) is 0 Å². The molecule has 194 valence electrons. The third-order valence-corrected chi connectivity index (χ3v) is 7.46. The van der Waals surface area contributed by atoms with Crippen LogP contribution in [0.15, 0.2) is 36.5 Å². The van der Waals surface area contributed by atoms with E-state index in [0.29, 0.717) is 24.2 Å². The standard InChI is InChI=1S/C28H36FN3O4/c1-18-15-32(19(2)17-33)28(35)24-13-22(21-10-7-11-23(29)12-21)14-30-26(24)36-25(18)16-31(3)27(34)20-8-5-4-6-9-20/h7,10-14,18-20,25,33H,4-6,8-9,15-17H2,1-3H3/t18-,19+,25-/m0/s1. The van der Waals surface area contributed by atoms with E-state index in [2.05, 4.69) is 4.98 Å². The summed E-state index contributed by atoms with van der Waals surface area (Å²) < 4.78 is 20.2. The van der Waals surface area contributed by atoms with Gasteiger partial charge in [-0.25, -0.2) is 9.37 Å². The Balaban J connectivity index is 1.65. The van der Waals surface area contributed by atoms with Crippen molar-refractivity contribution in [3.8, 4) is 17.0 Å². The molecule has 1 saturated carbocycles. The van der Waals surface area contributed by atoms with Crippen LogP contribution in [0.2, 0.25) is 0 Å². The molecule has 1 aromatic heterocycles. The molecule has 36 heavy (non-hydrogen) atoms. The predicted octanol–water partition coefficient (Wildman–Crippen LogP) is 4.15. The number of hydrogen-bond acceptors (Lipinski definition) is 5. The number of rotatable bonds is 6. The van der Waals surface area contributed by atoms with E-state index < -0.39 is 12.1 Å². The van der Waals surface area contributed by atoms with E-state index in [1.165, 1.54) is 18.6 Å². The first kappa shape index (κ1) is 26.1. The number of benzene rings is 1. The predicted molar refractivity (Wildman–Crippen MR) is 135 cm³/mol. The first-order chi connectivity index (χ1) is 17.3. The van der Waals surface area contributed by atoms with Crippen LogP contribution in [-0.2, 0) is 4.79 Å². The Bertz CT molecular complexity index is 1090. The molecule has 0 unspecified atom stereocenters. The SMILES string of the molecule is C[C@H](CO)N1C[C@H](C)[C@H](CN(C)C(=O)C2CCCCC2)Oc2ncc(-c3cccc(F)c3)cc2C1=O. The topological polar surface area (TPSA) is 83.0 Å². The smallest absolute Gasteiger partial charge is 0.259 e. The number of amides is 2. The lowest BCUT2D eigenvalue weighted by Gasteiger charge is -2.38. The second kappa shape index (κ2) is 11.4. The number of carbonyl (C=O) groups is 2. The molecule has 2 heterocycles. The number of fused-ring (bicyclic) bond motifs is 1. The minimum atomic E-state index is -0.411. The van der Waals surface area contributed by atoms with Gasteiger partial charge in [0, 0.05) is 37.2 Å². The number of aromatic nitrogens is 1. The van der Waals surface area contributed by atoms with E-state index in [9.17, 15) is 19.1 Å². The van der Waals surface area contributed by atoms with Crippen molar-refractivity contribution in [3.63, 3.8) is 0 Å². The van der Waals surface area contributed by atoms with Crippen LogP contribution in [0, 0.1) is 17.7 Å². The van der Waals surface area contributed by atoms with Crippen molar-refractivity contribution in [2.45, 2.75) is 58.1 Å². The summed E-state index contributed by atoms with van der Waals surface area (Å²) in [5, 5.41) is 9.86. The van der Waals surface area contributed by atoms with Crippen molar-refractivity contribution in [1.29, 1.82) is 0 Å². The minimum absolute atomic E-state index is 0.0549. The number of hydrogen-bond donors (Lipinski definition) is 1. The number of nitrogens with zero attached hydrogens (tertiary/aromatic N) is 3. The van der Waals surface area contributed by atoms with Crippen LogP contribution in [0.1, 0.15) is 56.3 Å². The lowest BCUT2D eigenvalue weighted by Crippen LogP contribution is -2.51. The molecule has 1 N–H and O–H groups in total. The summed E-state index contributed by atoms with van der Waals surface area (Å²) >= 11 is 0. The van der Waals surface area contributed by atoms with Gasteiger partial charge in [0.2, 0.25) is 11.8 Å². The average molecular weight is 498 g/mol. The van der Waals surface area contributed by atoms with Crippen LogP contribution >= 0.6 is 0 Å². The summed E-state index contributed by atoms with van der Waals surface area (Å²) in [6.45, 7) is 4.33. The first-order valence-corrected chi connectivity index (χ1v) is 12.9. The largest absolute Gasteiger partial charge is 0.472 e. The van der Waals surface area contributed by atoms with Crippen LogP contribution in [0.25, 0.3) is 11.1 Å². The number of aliphatic hydroxyl groups is 1. The molecule has 0 bridgehead atoms. The summed E-state index contributed by atoms with van der Waals surface area (Å²) in [4.78, 5) is 34.5. The third kappa shape index (κ3) is 5.69. The maximum Gasteiger partial charge on any atom is 0.259 e. The molecule has 2 amide bonds. The number of ether oxygens (including phenoxy) is 1.